The summed E-state index contributed by atoms with van der Waals surface area (Å²) in [6.45, 7) is 0. The van der Waals surface area contributed by atoms with Gasteiger partial charge in [0.1, 0.15) is 5.78 Å². The Bertz CT molecular complexity index is 851. The minimum atomic E-state index is 0.218. The highest BCUT2D eigenvalue weighted by atomic mass is 16.1. The third-order valence-corrected chi connectivity index (χ3v) is 9.06. The molecule has 3 atom stereocenters. The van der Waals surface area contributed by atoms with Crippen LogP contribution >= 0.6 is 0 Å². The highest BCUT2D eigenvalue weighted by Gasteiger charge is 2.67. The second kappa shape index (κ2) is 3.74. The Morgan fingerprint density at radius 3 is 2.62 bits per heavy atom. The van der Waals surface area contributed by atoms with Crippen molar-refractivity contribution in [3.05, 3.63) is 46.0 Å². The number of Topliss-reactive ketones (excluding diaryl/α,β-unsaturated/α-hetero) is 1. The molecule has 0 amide bonds. The van der Waals surface area contributed by atoms with E-state index < -0.39 is 0 Å². The molecule has 0 N–H and O–H groups in total. The van der Waals surface area contributed by atoms with Gasteiger partial charge in [0.25, 0.3) is 0 Å². The maximum Gasteiger partial charge on any atom is 0.141 e. The van der Waals surface area contributed by atoms with Crippen LogP contribution in [-0.2, 0) is 16.6 Å². The molecule has 0 aromatic heterocycles. The standard InChI is InChI=1S/C23H24O/c24-17-5-4-13-2-1-3-16-18(13)21(17)23-11-8-15(12-23)20-19(23)14-6-9-22(16,20)10-7-14/h1-3,14-15,21H,4-12H2. The van der Waals surface area contributed by atoms with E-state index in [2.05, 4.69) is 18.2 Å². The normalized spacial score (nSPS) is 46.3. The molecule has 1 aromatic carbocycles. The predicted octanol–water partition coefficient (Wildman–Crippen LogP) is 4.84. The second-order valence-corrected chi connectivity index (χ2v) is 9.56. The van der Waals surface area contributed by atoms with Crippen LogP contribution in [0.5, 0.6) is 0 Å². The summed E-state index contributed by atoms with van der Waals surface area (Å²) in [7, 11) is 0. The van der Waals surface area contributed by atoms with Crippen LogP contribution in [0.2, 0.25) is 0 Å². The average Bonchev–Trinajstić information content (AvgIpc) is 3.20. The number of carbonyl (C=O) groups is 1. The van der Waals surface area contributed by atoms with Gasteiger partial charge in [-0.2, -0.15) is 0 Å². The minimum Gasteiger partial charge on any atom is -0.299 e. The van der Waals surface area contributed by atoms with E-state index >= 15 is 0 Å². The molecule has 122 valence electrons. The average molecular weight is 316 g/mol. The zero-order valence-electron chi connectivity index (χ0n) is 14.2. The maximum absolute atomic E-state index is 13.3. The summed E-state index contributed by atoms with van der Waals surface area (Å²) in [5.74, 6) is 2.43. The summed E-state index contributed by atoms with van der Waals surface area (Å²) in [6, 6.07) is 7.06. The zero-order chi connectivity index (χ0) is 15.7. The minimum absolute atomic E-state index is 0.218. The van der Waals surface area contributed by atoms with E-state index in [0.717, 1.165) is 24.7 Å². The number of rotatable bonds is 0. The number of benzene rings is 1. The lowest BCUT2D eigenvalue weighted by atomic mass is 9.52. The van der Waals surface area contributed by atoms with Gasteiger partial charge in [-0.3, -0.25) is 4.79 Å². The lowest BCUT2D eigenvalue weighted by molar-refractivity contribution is -0.123. The highest BCUT2D eigenvalue weighted by Crippen LogP contribution is 2.76. The first-order valence-electron chi connectivity index (χ1n) is 10.1. The van der Waals surface area contributed by atoms with Crippen LogP contribution in [0.25, 0.3) is 0 Å². The van der Waals surface area contributed by atoms with Crippen molar-refractivity contribution >= 4 is 5.78 Å². The summed E-state index contributed by atoms with van der Waals surface area (Å²) in [6.07, 6.45) is 11.3. The highest BCUT2D eigenvalue weighted by molar-refractivity contribution is 5.91. The van der Waals surface area contributed by atoms with Gasteiger partial charge in [0.05, 0.1) is 5.92 Å². The Hall–Kier alpha value is -1.37. The molecular formula is C23H24O. The van der Waals surface area contributed by atoms with Crippen LogP contribution in [0.4, 0.5) is 0 Å². The van der Waals surface area contributed by atoms with Crippen molar-refractivity contribution in [1.82, 2.24) is 0 Å². The van der Waals surface area contributed by atoms with E-state index in [-0.39, 0.29) is 11.3 Å². The van der Waals surface area contributed by atoms with Crippen LogP contribution < -0.4 is 0 Å². The van der Waals surface area contributed by atoms with Crippen molar-refractivity contribution in [2.75, 3.05) is 0 Å². The smallest absolute Gasteiger partial charge is 0.141 e. The Labute approximate surface area is 143 Å². The lowest BCUT2D eigenvalue weighted by Crippen LogP contribution is -2.43. The number of allylic oxidation sites excluding steroid dienone is 2. The first-order chi connectivity index (χ1) is 11.7. The zero-order valence-corrected chi connectivity index (χ0v) is 14.2. The summed E-state index contributed by atoms with van der Waals surface area (Å²) in [5, 5.41) is 0. The van der Waals surface area contributed by atoms with E-state index in [0.29, 0.717) is 11.2 Å². The quantitative estimate of drug-likeness (QED) is 0.626. The van der Waals surface area contributed by atoms with E-state index in [1.165, 1.54) is 56.1 Å². The van der Waals surface area contributed by atoms with Crippen molar-refractivity contribution in [2.45, 2.75) is 69.1 Å². The molecule has 24 heavy (non-hydrogen) atoms. The number of hydrogen-bond donors (Lipinski definition) is 0. The Balaban J connectivity index is 1.69. The third kappa shape index (κ3) is 1.11. The van der Waals surface area contributed by atoms with E-state index in [1.54, 1.807) is 5.56 Å². The molecule has 7 aliphatic rings. The molecule has 1 heteroatoms. The number of carbonyl (C=O) groups excluding carboxylic acids is 1. The number of aryl methyl sites for hydroxylation is 1. The molecule has 3 unspecified atom stereocenters. The van der Waals surface area contributed by atoms with E-state index in [9.17, 15) is 4.79 Å². The van der Waals surface area contributed by atoms with Gasteiger partial charge in [0.2, 0.25) is 0 Å². The molecule has 6 bridgehead atoms. The topological polar surface area (TPSA) is 17.1 Å². The molecule has 2 fully saturated rings. The molecule has 2 spiro atoms. The second-order valence-electron chi connectivity index (χ2n) is 9.56. The molecule has 0 radical (unpaired) electrons. The molecule has 0 aliphatic heterocycles. The molecule has 8 rings (SSSR count). The first kappa shape index (κ1) is 12.9. The van der Waals surface area contributed by atoms with Crippen LogP contribution in [0.3, 0.4) is 0 Å². The van der Waals surface area contributed by atoms with Crippen molar-refractivity contribution in [3.63, 3.8) is 0 Å². The van der Waals surface area contributed by atoms with Gasteiger partial charge in [0.15, 0.2) is 0 Å². The fourth-order valence-corrected chi connectivity index (χ4v) is 8.57. The Morgan fingerprint density at radius 1 is 0.917 bits per heavy atom. The first-order valence-corrected chi connectivity index (χ1v) is 10.1. The summed E-state index contributed by atoms with van der Waals surface area (Å²) in [4.78, 5) is 13.3. The number of fused-ring (bicyclic) bond motifs is 3. The molecule has 0 saturated heterocycles. The molecule has 7 aliphatic carbocycles. The van der Waals surface area contributed by atoms with E-state index in [1.807, 2.05) is 11.1 Å². The fourth-order valence-electron chi connectivity index (χ4n) is 8.57. The van der Waals surface area contributed by atoms with Gasteiger partial charge in [-0.25, -0.2) is 0 Å². The Morgan fingerprint density at radius 2 is 1.75 bits per heavy atom. The van der Waals surface area contributed by atoms with Crippen LogP contribution in [0.1, 0.15) is 74.0 Å². The molecule has 2 saturated carbocycles. The van der Waals surface area contributed by atoms with Crippen LogP contribution in [-0.4, -0.2) is 5.78 Å². The largest absolute Gasteiger partial charge is 0.299 e. The third-order valence-electron chi connectivity index (χ3n) is 9.06. The molecular weight excluding hydrogens is 292 g/mol. The van der Waals surface area contributed by atoms with Gasteiger partial charge < -0.3 is 0 Å². The van der Waals surface area contributed by atoms with Gasteiger partial charge in [-0.15, -0.1) is 0 Å². The maximum atomic E-state index is 13.3. The fraction of sp³-hybridized carbons (Fsp3) is 0.609. The summed E-state index contributed by atoms with van der Waals surface area (Å²) < 4.78 is 0. The van der Waals surface area contributed by atoms with Crippen LogP contribution in [0, 0.1) is 17.3 Å². The van der Waals surface area contributed by atoms with Gasteiger partial charge >= 0.3 is 0 Å². The van der Waals surface area contributed by atoms with Gasteiger partial charge in [-0.05, 0) is 79.9 Å². The van der Waals surface area contributed by atoms with E-state index in [4.69, 9.17) is 0 Å². The predicted molar refractivity (Wildman–Crippen MR) is 92.9 cm³/mol. The van der Waals surface area contributed by atoms with Gasteiger partial charge in [0, 0.05) is 17.3 Å². The van der Waals surface area contributed by atoms with Crippen molar-refractivity contribution < 1.29 is 4.79 Å². The van der Waals surface area contributed by atoms with Crippen molar-refractivity contribution in [2.24, 2.45) is 17.3 Å². The summed E-state index contributed by atoms with van der Waals surface area (Å²) >= 11 is 0. The van der Waals surface area contributed by atoms with Crippen LogP contribution in [0.15, 0.2) is 29.3 Å². The van der Waals surface area contributed by atoms with Crippen molar-refractivity contribution in [3.8, 4) is 0 Å². The lowest BCUT2D eigenvalue weighted by Gasteiger charge is -2.52. The molecule has 1 nitrogen and oxygen atoms in total. The van der Waals surface area contributed by atoms with Gasteiger partial charge in [-0.1, -0.05) is 29.3 Å². The summed E-state index contributed by atoms with van der Waals surface area (Å²) in [5.41, 5.74) is 8.96. The van der Waals surface area contributed by atoms with Crippen molar-refractivity contribution in [1.29, 1.82) is 0 Å². The molecule has 1 aromatic rings. The number of ketones is 1. The molecule has 0 heterocycles. The monoisotopic (exact) mass is 316 g/mol. The SMILES string of the molecule is O=C1CCc2cccc3c2C1C12CCC(C1)C1=C2C2CCC13CC2. The Kier molecular flexibility index (Phi) is 2.01. The number of hydrogen-bond acceptors (Lipinski definition) is 1.